The van der Waals surface area contributed by atoms with Crippen molar-refractivity contribution < 1.29 is 19.0 Å². The van der Waals surface area contributed by atoms with Gasteiger partial charge in [-0.2, -0.15) is 0 Å². The molecule has 1 amide bonds. The van der Waals surface area contributed by atoms with Crippen molar-refractivity contribution in [3.63, 3.8) is 0 Å². The third-order valence-electron chi connectivity index (χ3n) is 2.60. The smallest absolute Gasteiger partial charge is 0.251 e. The van der Waals surface area contributed by atoms with Crippen molar-refractivity contribution in [1.29, 1.82) is 0 Å². The van der Waals surface area contributed by atoms with Gasteiger partial charge in [0.1, 0.15) is 5.75 Å². The summed E-state index contributed by atoms with van der Waals surface area (Å²) in [5.41, 5.74) is 0.595. The summed E-state index contributed by atoms with van der Waals surface area (Å²) in [4.78, 5) is 11.9. The Bertz CT molecular complexity index is 426. The summed E-state index contributed by atoms with van der Waals surface area (Å²) in [5, 5.41) is 2.84. The largest absolute Gasteiger partial charge is 0.496 e. The molecule has 0 aliphatic rings. The topological polar surface area (TPSA) is 56.8 Å². The molecule has 0 bridgehead atoms. The van der Waals surface area contributed by atoms with Crippen LogP contribution in [0.2, 0.25) is 0 Å². The van der Waals surface area contributed by atoms with E-state index in [4.69, 9.17) is 14.2 Å². The van der Waals surface area contributed by atoms with Gasteiger partial charge in [-0.05, 0) is 40.5 Å². The van der Waals surface area contributed by atoms with E-state index < -0.39 is 0 Å². The van der Waals surface area contributed by atoms with Gasteiger partial charge in [-0.3, -0.25) is 4.79 Å². The maximum atomic E-state index is 11.9. The van der Waals surface area contributed by atoms with E-state index in [9.17, 15) is 4.79 Å². The summed E-state index contributed by atoms with van der Waals surface area (Å²) in [6.07, 6.45) is 0.771. The van der Waals surface area contributed by atoms with Crippen LogP contribution in [0.5, 0.6) is 5.75 Å². The minimum Gasteiger partial charge on any atom is -0.496 e. The van der Waals surface area contributed by atoms with Crippen LogP contribution in [0.15, 0.2) is 22.7 Å². The summed E-state index contributed by atoms with van der Waals surface area (Å²) in [7, 11) is 3.22. The van der Waals surface area contributed by atoms with Crippen molar-refractivity contribution in [1.82, 2.24) is 5.32 Å². The van der Waals surface area contributed by atoms with Gasteiger partial charge in [0.25, 0.3) is 5.91 Å². The van der Waals surface area contributed by atoms with Crippen molar-refractivity contribution >= 4 is 21.8 Å². The van der Waals surface area contributed by atoms with Crippen molar-refractivity contribution in [2.75, 3.05) is 40.6 Å². The molecule has 0 aliphatic heterocycles. The first-order chi connectivity index (χ1) is 9.69. The van der Waals surface area contributed by atoms with Crippen LogP contribution in [0.25, 0.3) is 0 Å². The lowest BCUT2D eigenvalue weighted by Gasteiger charge is -2.08. The maximum absolute atomic E-state index is 11.9. The molecule has 0 fully saturated rings. The Kier molecular flexibility index (Phi) is 8.25. The fraction of sp³-hybridized carbons (Fsp3) is 0.500. The molecular formula is C14H20BrNO4. The Morgan fingerprint density at radius 3 is 2.70 bits per heavy atom. The number of carbonyl (C=O) groups is 1. The minimum absolute atomic E-state index is 0.106. The molecule has 1 N–H and O–H groups in total. The lowest BCUT2D eigenvalue weighted by Crippen LogP contribution is -2.25. The Morgan fingerprint density at radius 1 is 1.25 bits per heavy atom. The number of halogens is 1. The summed E-state index contributed by atoms with van der Waals surface area (Å²) < 4.78 is 16.1. The Labute approximate surface area is 127 Å². The standard InChI is InChI=1S/C14H20BrNO4/c1-18-8-9-20-7-3-6-16-14(17)11-4-5-13(19-2)12(15)10-11/h4-5,10H,3,6-9H2,1-2H3,(H,16,17). The van der Waals surface area contributed by atoms with Crippen LogP contribution < -0.4 is 10.1 Å². The third kappa shape index (κ3) is 5.90. The second-order valence-corrected chi connectivity index (χ2v) is 4.92. The lowest BCUT2D eigenvalue weighted by molar-refractivity contribution is 0.0688. The monoisotopic (exact) mass is 345 g/mol. The molecule has 0 spiro atoms. The van der Waals surface area contributed by atoms with E-state index in [0.717, 1.165) is 10.9 Å². The molecule has 1 aromatic rings. The van der Waals surface area contributed by atoms with Crippen molar-refractivity contribution in [2.24, 2.45) is 0 Å². The van der Waals surface area contributed by atoms with Crippen LogP contribution in [0.4, 0.5) is 0 Å². The van der Waals surface area contributed by atoms with E-state index in [1.165, 1.54) is 0 Å². The van der Waals surface area contributed by atoms with Crippen LogP contribution in [-0.2, 0) is 9.47 Å². The highest BCUT2D eigenvalue weighted by molar-refractivity contribution is 9.10. The average molecular weight is 346 g/mol. The molecule has 0 atom stereocenters. The lowest BCUT2D eigenvalue weighted by atomic mass is 10.2. The molecule has 20 heavy (non-hydrogen) atoms. The van der Waals surface area contributed by atoms with Gasteiger partial charge in [-0.25, -0.2) is 0 Å². The first kappa shape index (κ1) is 16.9. The number of rotatable bonds is 9. The Balaban J connectivity index is 2.27. The van der Waals surface area contributed by atoms with Gasteiger partial charge in [0.15, 0.2) is 0 Å². The van der Waals surface area contributed by atoms with Gasteiger partial charge < -0.3 is 19.5 Å². The van der Waals surface area contributed by atoms with E-state index in [0.29, 0.717) is 37.7 Å². The molecule has 5 nitrogen and oxygen atoms in total. The zero-order chi connectivity index (χ0) is 14.8. The van der Waals surface area contributed by atoms with Gasteiger partial charge in [0.2, 0.25) is 0 Å². The number of benzene rings is 1. The van der Waals surface area contributed by atoms with E-state index in [-0.39, 0.29) is 5.91 Å². The average Bonchev–Trinajstić information content (AvgIpc) is 2.46. The number of nitrogens with one attached hydrogen (secondary N) is 1. The minimum atomic E-state index is -0.106. The van der Waals surface area contributed by atoms with Gasteiger partial charge in [-0.1, -0.05) is 0 Å². The van der Waals surface area contributed by atoms with Crippen molar-refractivity contribution in [3.05, 3.63) is 28.2 Å². The Hall–Kier alpha value is -1.11. The molecule has 0 aliphatic carbocycles. The normalized spacial score (nSPS) is 10.3. The fourth-order valence-corrected chi connectivity index (χ4v) is 2.07. The summed E-state index contributed by atoms with van der Waals surface area (Å²) in [6, 6.07) is 5.23. The van der Waals surface area contributed by atoms with E-state index >= 15 is 0 Å². The van der Waals surface area contributed by atoms with Gasteiger partial charge in [0.05, 0.1) is 24.8 Å². The molecular weight excluding hydrogens is 326 g/mol. The fourth-order valence-electron chi connectivity index (χ4n) is 1.53. The molecule has 0 saturated carbocycles. The number of hydrogen-bond donors (Lipinski definition) is 1. The maximum Gasteiger partial charge on any atom is 0.251 e. The number of amides is 1. The SMILES string of the molecule is COCCOCCCNC(=O)c1ccc(OC)c(Br)c1. The number of ether oxygens (including phenoxy) is 3. The quantitative estimate of drug-likeness (QED) is 0.697. The van der Waals surface area contributed by atoms with Crippen LogP contribution >= 0.6 is 15.9 Å². The van der Waals surface area contributed by atoms with E-state index in [2.05, 4.69) is 21.2 Å². The Morgan fingerprint density at radius 2 is 2.05 bits per heavy atom. The highest BCUT2D eigenvalue weighted by Crippen LogP contribution is 2.25. The van der Waals surface area contributed by atoms with Crippen LogP contribution in [0.1, 0.15) is 16.8 Å². The van der Waals surface area contributed by atoms with E-state index in [1.54, 1.807) is 32.4 Å². The predicted octanol–water partition coefficient (Wildman–Crippen LogP) is 2.24. The van der Waals surface area contributed by atoms with Gasteiger partial charge >= 0.3 is 0 Å². The van der Waals surface area contributed by atoms with Gasteiger partial charge in [-0.15, -0.1) is 0 Å². The van der Waals surface area contributed by atoms with Gasteiger partial charge in [0, 0.05) is 25.8 Å². The predicted molar refractivity (Wildman–Crippen MR) is 80.3 cm³/mol. The van der Waals surface area contributed by atoms with Crippen LogP contribution in [0, 0.1) is 0 Å². The molecule has 1 rings (SSSR count). The van der Waals surface area contributed by atoms with Crippen molar-refractivity contribution in [3.8, 4) is 5.75 Å². The van der Waals surface area contributed by atoms with Crippen LogP contribution in [0.3, 0.4) is 0 Å². The van der Waals surface area contributed by atoms with Crippen LogP contribution in [-0.4, -0.2) is 46.5 Å². The molecule has 6 heteroatoms. The summed E-state index contributed by atoms with van der Waals surface area (Å²) in [5.74, 6) is 0.596. The molecule has 0 heterocycles. The third-order valence-corrected chi connectivity index (χ3v) is 3.22. The second-order valence-electron chi connectivity index (χ2n) is 4.06. The molecule has 0 radical (unpaired) electrons. The number of hydrogen-bond acceptors (Lipinski definition) is 4. The first-order valence-corrected chi connectivity index (χ1v) is 7.16. The molecule has 1 aromatic carbocycles. The summed E-state index contributed by atoms with van der Waals surface area (Å²) in [6.45, 7) is 2.35. The highest BCUT2D eigenvalue weighted by Gasteiger charge is 2.08. The molecule has 0 unspecified atom stereocenters. The second kappa shape index (κ2) is 9.74. The zero-order valence-electron chi connectivity index (χ0n) is 11.8. The highest BCUT2D eigenvalue weighted by atomic mass is 79.9. The zero-order valence-corrected chi connectivity index (χ0v) is 13.4. The number of methoxy groups -OCH3 is 2. The van der Waals surface area contributed by atoms with Crippen molar-refractivity contribution in [2.45, 2.75) is 6.42 Å². The molecule has 0 saturated heterocycles. The first-order valence-electron chi connectivity index (χ1n) is 6.37. The number of carbonyl (C=O) groups excluding carboxylic acids is 1. The molecule has 0 aromatic heterocycles. The molecule has 112 valence electrons. The van der Waals surface area contributed by atoms with E-state index in [1.807, 2.05) is 0 Å². The summed E-state index contributed by atoms with van der Waals surface area (Å²) >= 11 is 3.36.